The molecule has 0 saturated heterocycles. The van der Waals surface area contributed by atoms with Crippen LogP contribution in [0.3, 0.4) is 0 Å². The van der Waals surface area contributed by atoms with E-state index in [1.807, 2.05) is 13.0 Å². The predicted molar refractivity (Wildman–Crippen MR) is 122 cm³/mol. The van der Waals surface area contributed by atoms with Crippen LogP contribution in [0, 0.1) is 12.7 Å². The third-order valence-electron chi connectivity index (χ3n) is 5.23. The number of fused-ring (bicyclic) bond motifs is 1. The van der Waals surface area contributed by atoms with Gasteiger partial charge in [-0.3, -0.25) is 9.79 Å². The number of aliphatic imine (C=N–C) groups is 1. The Morgan fingerprint density at radius 2 is 2.26 bits per heavy atom. The van der Waals surface area contributed by atoms with E-state index in [4.69, 9.17) is 5.73 Å². The van der Waals surface area contributed by atoms with Crippen molar-refractivity contribution in [1.29, 1.82) is 0 Å². The molecule has 7 nitrogen and oxygen atoms in total. The highest BCUT2D eigenvalue weighted by Gasteiger charge is 2.19. The van der Waals surface area contributed by atoms with Crippen LogP contribution in [0.2, 0.25) is 0 Å². The lowest BCUT2D eigenvalue weighted by Gasteiger charge is -2.19. The molecular formula is C23H25FN6O. The van der Waals surface area contributed by atoms with Crippen molar-refractivity contribution in [1.82, 2.24) is 14.7 Å². The second kappa shape index (κ2) is 8.69. The Balaban J connectivity index is 1.69. The van der Waals surface area contributed by atoms with Gasteiger partial charge >= 0.3 is 0 Å². The molecule has 0 saturated carbocycles. The number of carbonyl (C=O) groups is 1. The molecule has 2 aromatic heterocycles. The van der Waals surface area contributed by atoms with Gasteiger partial charge in [0.2, 0.25) is 0 Å². The number of carbonyl (C=O) groups excluding carboxylic acids is 1. The van der Waals surface area contributed by atoms with Crippen LogP contribution in [0.4, 0.5) is 15.8 Å². The van der Waals surface area contributed by atoms with Crippen molar-refractivity contribution in [3.63, 3.8) is 0 Å². The normalized spacial score (nSPS) is 14.2. The molecular weight excluding hydrogens is 395 g/mol. The third kappa shape index (κ3) is 4.20. The molecule has 1 aromatic carbocycles. The number of hydrogen-bond acceptors (Lipinski definition) is 5. The third-order valence-corrected chi connectivity index (χ3v) is 5.23. The lowest BCUT2D eigenvalue weighted by molar-refractivity contribution is 0.102. The van der Waals surface area contributed by atoms with Gasteiger partial charge < -0.3 is 20.8 Å². The molecule has 0 fully saturated rings. The number of nitrogens with zero attached hydrogens (tertiary/aromatic N) is 3. The summed E-state index contributed by atoms with van der Waals surface area (Å²) in [5, 5.41) is 6.04. The maximum absolute atomic E-state index is 14.4. The highest BCUT2D eigenvalue weighted by atomic mass is 19.1. The maximum atomic E-state index is 14.4. The fraction of sp³-hybridized carbons (Fsp3) is 0.261. The summed E-state index contributed by atoms with van der Waals surface area (Å²) in [6.07, 6.45) is 8.06. The van der Waals surface area contributed by atoms with E-state index in [-0.39, 0.29) is 5.65 Å². The highest BCUT2D eigenvalue weighted by Crippen LogP contribution is 2.29. The van der Waals surface area contributed by atoms with Crippen LogP contribution < -0.4 is 16.4 Å². The van der Waals surface area contributed by atoms with Crippen LogP contribution in [0.15, 0.2) is 41.7 Å². The second-order valence-electron chi connectivity index (χ2n) is 7.44. The lowest BCUT2D eigenvalue weighted by Crippen LogP contribution is -2.21. The molecule has 31 heavy (non-hydrogen) atoms. The number of amides is 1. The largest absolute Gasteiger partial charge is 0.398 e. The number of nitrogens with two attached hydrogens (primary N) is 1. The standard InChI is InChI=1S/C23H25FN6O/c1-3-26-11-19-17(15-6-8-27-9-7-15)4-5-18(21(19)25)23(31)29-16-10-20(24)22-28-14(2)12-30(22)13-16/h4-6,10-13,27H,3,7-9,25H2,1-2H3,(H,29,31). The van der Waals surface area contributed by atoms with Crippen molar-refractivity contribution >= 4 is 34.7 Å². The van der Waals surface area contributed by atoms with Crippen molar-refractivity contribution in [3.05, 3.63) is 64.9 Å². The Bertz CT molecular complexity index is 1210. The number of hydrogen-bond donors (Lipinski definition) is 3. The minimum Gasteiger partial charge on any atom is -0.398 e. The molecule has 160 valence electrons. The zero-order chi connectivity index (χ0) is 22.0. The van der Waals surface area contributed by atoms with E-state index < -0.39 is 11.7 Å². The van der Waals surface area contributed by atoms with Gasteiger partial charge in [-0.25, -0.2) is 9.37 Å². The van der Waals surface area contributed by atoms with Gasteiger partial charge in [-0.15, -0.1) is 0 Å². The van der Waals surface area contributed by atoms with Gasteiger partial charge in [0.1, 0.15) is 0 Å². The van der Waals surface area contributed by atoms with E-state index in [9.17, 15) is 9.18 Å². The Labute approximate surface area is 179 Å². The molecule has 0 spiro atoms. The van der Waals surface area contributed by atoms with Gasteiger partial charge in [0.05, 0.1) is 22.6 Å². The number of aromatic nitrogens is 2. The predicted octanol–water partition coefficient (Wildman–Crippen LogP) is 3.43. The van der Waals surface area contributed by atoms with Gasteiger partial charge in [-0.1, -0.05) is 12.1 Å². The Morgan fingerprint density at radius 3 is 3.00 bits per heavy atom. The van der Waals surface area contributed by atoms with Crippen molar-refractivity contribution in [3.8, 4) is 0 Å². The fourth-order valence-electron chi connectivity index (χ4n) is 3.75. The van der Waals surface area contributed by atoms with E-state index in [0.717, 1.165) is 30.6 Å². The maximum Gasteiger partial charge on any atom is 0.257 e. The smallest absolute Gasteiger partial charge is 0.257 e. The molecule has 0 aliphatic carbocycles. The summed E-state index contributed by atoms with van der Waals surface area (Å²) >= 11 is 0. The van der Waals surface area contributed by atoms with Crippen molar-refractivity contribution < 1.29 is 9.18 Å². The minimum absolute atomic E-state index is 0.215. The lowest BCUT2D eigenvalue weighted by atomic mass is 9.92. The van der Waals surface area contributed by atoms with Crippen LogP contribution in [-0.4, -0.2) is 41.1 Å². The Morgan fingerprint density at radius 1 is 1.42 bits per heavy atom. The first kappa shape index (κ1) is 20.7. The monoisotopic (exact) mass is 420 g/mol. The van der Waals surface area contributed by atoms with E-state index in [1.165, 1.54) is 11.6 Å². The molecule has 4 N–H and O–H groups in total. The summed E-state index contributed by atoms with van der Waals surface area (Å²) in [4.78, 5) is 21.5. The Hall–Kier alpha value is -3.52. The summed E-state index contributed by atoms with van der Waals surface area (Å²) in [6.45, 7) is 6.02. The highest BCUT2D eigenvalue weighted by molar-refractivity contribution is 6.11. The van der Waals surface area contributed by atoms with Crippen molar-refractivity contribution in [2.45, 2.75) is 20.3 Å². The first-order valence-corrected chi connectivity index (χ1v) is 10.3. The number of benzene rings is 1. The molecule has 0 bridgehead atoms. The van der Waals surface area contributed by atoms with Crippen LogP contribution >= 0.6 is 0 Å². The summed E-state index contributed by atoms with van der Waals surface area (Å²) < 4.78 is 15.9. The fourth-order valence-corrected chi connectivity index (χ4v) is 3.75. The van der Waals surface area contributed by atoms with E-state index in [1.54, 1.807) is 36.0 Å². The van der Waals surface area contributed by atoms with Crippen molar-refractivity contribution in [2.24, 2.45) is 4.99 Å². The molecule has 8 heteroatoms. The van der Waals surface area contributed by atoms with E-state index in [0.29, 0.717) is 29.2 Å². The number of imidazole rings is 1. The van der Waals surface area contributed by atoms with Gasteiger partial charge in [0.15, 0.2) is 11.5 Å². The summed E-state index contributed by atoms with van der Waals surface area (Å²) in [5.41, 5.74) is 11.2. The van der Waals surface area contributed by atoms with Gasteiger partial charge in [0, 0.05) is 43.3 Å². The number of anilines is 2. The summed E-state index contributed by atoms with van der Waals surface area (Å²) in [5.74, 6) is -0.923. The number of aryl methyl sites for hydroxylation is 1. The van der Waals surface area contributed by atoms with Crippen LogP contribution in [0.25, 0.3) is 11.2 Å². The molecule has 1 amide bonds. The number of pyridine rings is 1. The zero-order valence-electron chi connectivity index (χ0n) is 17.6. The van der Waals surface area contributed by atoms with Crippen LogP contribution in [-0.2, 0) is 0 Å². The number of nitrogens with one attached hydrogen (secondary N) is 2. The molecule has 0 atom stereocenters. The molecule has 0 radical (unpaired) electrons. The number of nitrogen functional groups attached to an aromatic ring is 1. The van der Waals surface area contributed by atoms with Crippen LogP contribution in [0.1, 0.15) is 40.5 Å². The molecule has 1 aliphatic rings. The average Bonchev–Trinajstić information content (AvgIpc) is 3.14. The molecule has 3 heterocycles. The van der Waals surface area contributed by atoms with Crippen LogP contribution in [0.5, 0.6) is 0 Å². The first-order chi connectivity index (χ1) is 15.0. The quantitative estimate of drug-likeness (QED) is 0.435. The molecule has 3 aromatic rings. The molecule has 0 unspecified atom stereocenters. The Kier molecular flexibility index (Phi) is 5.81. The number of halogens is 1. The van der Waals surface area contributed by atoms with Gasteiger partial charge in [-0.05, 0) is 44.0 Å². The summed E-state index contributed by atoms with van der Waals surface area (Å²) in [6, 6.07) is 4.87. The topological polar surface area (TPSA) is 96.8 Å². The minimum atomic E-state index is -0.511. The van der Waals surface area contributed by atoms with Gasteiger partial charge in [0.25, 0.3) is 5.91 Å². The molecule has 1 aliphatic heterocycles. The van der Waals surface area contributed by atoms with E-state index >= 15 is 0 Å². The second-order valence-corrected chi connectivity index (χ2v) is 7.44. The average molecular weight is 420 g/mol. The van der Waals surface area contributed by atoms with Gasteiger partial charge in [-0.2, -0.15) is 0 Å². The molecule has 4 rings (SSSR count). The SMILES string of the molecule is CCN=Cc1c(C2=CCNCC2)ccc(C(=O)Nc2cc(F)c3nc(C)cn3c2)c1N. The first-order valence-electron chi connectivity index (χ1n) is 10.3. The number of rotatable bonds is 5. The van der Waals surface area contributed by atoms with E-state index in [2.05, 4.69) is 26.7 Å². The van der Waals surface area contributed by atoms with Crippen molar-refractivity contribution in [2.75, 3.05) is 30.7 Å². The zero-order valence-corrected chi connectivity index (χ0v) is 17.6. The summed E-state index contributed by atoms with van der Waals surface area (Å²) in [7, 11) is 0.